The Hall–Kier alpha value is -1.02. The van der Waals surface area contributed by atoms with Gasteiger partial charge < -0.3 is 10.1 Å². The molecule has 0 aliphatic carbocycles. The summed E-state index contributed by atoms with van der Waals surface area (Å²) in [5, 5.41) is 3.49. The Balaban J connectivity index is 2.17. The highest BCUT2D eigenvalue weighted by Crippen LogP contribution is 2.12. The summed E-state index contributed by atoms with van der Waals surface area (Å²) in [6, 6.07) is 8.44. The zero-order valence-electron chi connectivity index (χ0n) is 12.7. The first-order chi connectivity index (χ1) is 9.22. The van der Waals surface area contributed by atoms with E-state index in [2.05, 4.69) is 50.4 Å². The molecular weight excluding hydrogens is 234 g/mol. The largest absolute Gasteiger partial charge is 0.494 e. The maximum atomic E-state index is 5.65. The summed E-state index contributed by atoms with van der Waals surface area (Å²) >= 11 is 0. The minimum atomic E-state index is 0.807. The predicted octanol–water partition coefficient (Wildman–Crippen LogP) is 4.39. The van der Waals surface area contributed by atoms with E-state index in [1.54, 1.807) is 0 Å². The van der Waals surface area contributed by atoms with Crippen LogP contribution in [0.5, 0.6) is 5.75 Å². The number of unbranched alkanes of at least 4 members (excludes halogenated alkanes) is 1. The second kappa shape index (κ2) is 9.85. The van der Waals surface area contributed by atoms with Crippen LogP contribution in [0.3, 0.4) is 0 Å². The molecule has 19 heavy (non-hydrogen) atoms. The SMILES string of the molecule is CCCCOc1ccc(CNCCCC(C)C)cc1. The van der Waals surface area contributed by atoms with Gasteiger partial charge in [0.2, 0.25) is 0 Å². The Morgan fingerprint density at radius 2 is 1.84 bits per heavy atom. The van der Waals surface area contributed by atoms with Crippen LogP contribution in [0, 0.1) is 5.92 Å². The van der Waals surface area contributed by atoms with Crippen molar-refractivity contribution in [1.82, 2.24) is 5.32 Å². The average molecular weight is 263 g/mol. The van der Waals surface area contributed by atoms with Gasteiger partial charge in [-0.15, -0.1) is 0 Å². The van der Waals surface area contributed by atoms with Gasteiger partial charge in [-0.25, -0.2) is 0 Å². The van der Waals surface area contributed by atoms with E-state index < -0.39 is 0 Å². The molecule has 0 amide bonds. The van der Waals surface area contributed by atoms with Crippen molar-refractivity contribution in [3.63, 3.8) is 0 Å². The summed E-state index contributed by atoms with van der Waals surface area (Å²) in [6.07, 6.45) is 4.87. The van der Waals surface area contributed by atoms with Crippen molar-refractivity contribution in [3.8, 4) is 5.75 Å². The van der Waals surface area contributed by atoms with Crippen molar-refractivity contribution < 1.29 is 4.74 Å². The fourth-order valence-corrected chi connectivity index (χ4v) is 1.91. The third kappa shape index (κ3) is 7.89. The predicted molar refractivity (Wildman–Crippen MR) is 82.6 cm³/mol. The maximum absolute atomic E-state index is 5.65. The third-order valence-electron chi connectivity index (χ3n) is 3.15. The molecule has 2 nitrogen and oxygen atoms in total. The molecule has 108 valence electrons. The van der Waals surface area contributed by atoms with Gasteiger partial charge in [-0.1, -0.05) is 39.3 Å². The summed E-state index contributed by atoms with van der Waals surface area (Å²) in [6.45, 7) is 9.61. The highest BCUT2D eigenvalue weighted by molar-refractivity contribution is 5.27. The van der Waals surface area contributed by atoms with Gasteiger partial charge in [-0.3, -0.25) is 0 Å². The van der Waals surface area contributed by atoms with Crippen molar-refractivity contribution in [1.29, 1.82) is 0 Å². The van der Waals surface area contributed by atoms with Gasteiger partial charge in [0.15, 0.2) is 0 Å². The quantitative estimate of drug-likeness (QED) is 0.632. The number of ether oxygens (including phenoxy) is 1. The van der Waals surface area contributed by atoms with Gasteiger partial charge in [0.25, 0.3) is 0 Å². The molecule has 1 aromatic rings. The van der Waals surface area contributed by atoms with E-state index >= 15 is 0 Å². The molecule has 0 aliphatic heterocycles. The fourth-order valence-electron chi connectivity index (χ4n) is 1.91. The van der Waals surface area contributed by atoms with Crippen LogP contribution in [0.25, 0.3) is 0 Å². The van der Waals surface area contributed by atoms with Gasteiger partial charge in [0.1, 0.15) is 5.75 Å². The molecule has 0 aliphatic rings. The Labute approximate surface area is 118 Å². The first-order valence-electron chi connectivity index (χ1n) is 7.64. The number of hydrogen-bond acceptors (Lipinski definition) is 2. The summed E-state index contributed by atoms with van der Waals surface area (Å²) in [4.78, 5) is 0. The molecule has 1 rings (SSSR count). The van der Waals surface area contributed by atoms with E-state index in [0.717, 1.165) is 37.8 Å². The monoisotopic (exact) mass is 263 g/mol. The number of nitrogens with one attached hydrogen (secondary N) is 1. The Morgan fingerprint density at radius 1 is 1.11 bits per heavy atom. The lowest BCUT2D eigenvalue weighted by atomic mass is 10.1. The second-order valence-electron chi connectivity index (χ2n) is 5.56. The van der Waals surface area contributed by atoms with Gasteiger partial charge in [-0.2, -0.15) is 0 Å². The zero-order valence-corrected chi connectivity index (χ0v) is 12.7. The van der Waals surface area contributed by atoms with Crippen molar-refractivity contribution >= 4 is 0 Å². The van der Waals surface area contributed by atoms with Crippen molar-refractivity contribution in [2.75, 3.05) is 13.2 Å². The van der Waals surface area contributed by atoms with Crippen molar-refractivity contribution in [3.05, 3.63) is 29.8 Å². The van der Waals surface area contributed by atoms with Crippen LogP contribution in [-0.4, -0.2) is 13.2 Å². The summed E-state index contributed by atoms with van der Waals surface area (Å²) < 4.78 is 5.65. The highest BCUT2D eigenvalue weighted by Gasteiger charge is 1.97. The van der Waals surface area contributed by atoms with Gasteiger partial charge in [-0.05, 0) is 49.4 Å². The first-order valence-corrected chi connectivity index (χ1v) is 7.64. The maximum Gasteiger partial charge on any atom is 0.119 e. The molecule has 0 bridgehead atoms. The van der Waals surface area contributed by atoms with Crippen LogP contribution < -0.4 is 10.1 Å². The van der Waals surface area contributed by atoms with Crippen LogP contribution in [-0.2, 0) is 6.54 Å². The average Bonchev–Trinajstić information content (AvgIpc) is 2.40. The van der Waals surface area contributed by atoms with Crippen molar-refractivity contribution in [2.24, 2.45) is 5.92 Å². The van der Waals surface area contributed by atoms with E-state index in [1.165, 1.54) is 24.8 Å². The summed E-state index contributed by atoms with van der Waals surface area (Å²) in [5.74, 6) is 1.79. The minimum Gasteiger partial charge on any atom is -0.494 e. The molecule has 0 radical (unpaired) electrons. The van der Waals surface area contributed by atoms with Crippen LogP contribution >= 0.6 is 0 Å². The van der Waals surface area contributed by atoms with E-state index in [0.29, 0.717) is 0 Å². The third-order valence-corrected chi connectivity index (χ3v) is 3.15. The minimum absolute atomic E-state index is 0.807. The van der Waals surface area contributed by atoms with Gasteiger partial charge >= 0.3 is 0 Å². The molecular formula is C17H29NO. The van der Waals surface area contributed by atoms with Crippen LogP contribution in [0.15, 0.2) is 24.3 Å². The topological polar surface area (TPSA) is 21.3 Å². The smallest absolute Gasteiger partial charge is 0.119 e. The molecule has 1 N–H and O–H groups in total. The van der Waals surface area contributed by atoms with E-state index in [4.69, 9.17) is 4.74 Å². The van der Waals surface area contributed by atoms with Crippen LogP contribution in [0.1, 0.15) is 52.0 Å². The number of hydrogen-bond donors (Lipinski definition) is 1. The Kier molecular flexibility index (Phi) is 8.31. The lowest BCUT2D eigenvalue weighted by Crippen LogP contribution is -2.15. The fraction of sp³-hybridized carbons (Fsp3) is 0.647. The zero-order chi connectivity index (χ0) is 13.9. The molecule has 0 fully saturated rings. The Bertz CT molecular complexity index is 319. The molecule has 0 spiro atoms. The first kappa shape index (κ1) is 16.0. The normalized spacial score (nSPS) is 10.9. The molecule has 0 unspecified atom stereocenters. The molecule has 2 heteroatoms. The standard InChI is InChI=1S/C17H29NO/c1-4-5-13-19-17-10-8-16(9-11-17)14-18-12-6-7-15(2)3/h8-11,15,18H,4-7,12-14H2,1-3H3. The van der Waals surface area contributed by atoms with Crippen LogP contribution in [0.2, 0.25) is 0 Å². The second-order valence-corrected chi connectivity index (χ2v) is 5.56. The van der Waals surface area contributed by atoms with E-state index in [1.807, 2.05) is 0 Å². The lowest BCUT2D eigenvalue weighted by Gasteiger charge is -2.08. The molecule has 0 saturated carbocycles. The van der Waals surface area contributed by atoms with Crippen LogP contribution in [0.4, 0.5) is 0 Å². The lowest BCUT2D eigenvalue weighted by molar-refractivity contribution is 0.309. The summed E-state index contributed by atoms with van der Waals surface area (Å²) in [7, 11) is 0. The highest BCUT2D eigenvalue weighted by atomic mass is 16.5. The van der Waals surface area contributed by atoms with Gasteiger partial charge in [0, 0.05) is 6.54 Å². The molecule has 0 heterocycles. The molecule has 0 saturated heterocycles. The number of rotatable bonds is 10. The Morgan fingerprint density at radius 3 is 2.47 bits per heavy atom. The van der Waals surface area contributed by atoms with E-state index in [-0.39, 0.29) is 0 Å². The molecule has 1 aromatic carbocycles. The van der Waals surface area contributed by atoms with Gasteiger partial charge in [0.05, 0.1) is 6.61 Å². The van der Waals surface area contributed by atoms with E-state index in [9.17, 15) is 0 Å². The molecule has 0 atom stereocenters. The van der Waals surface area contributed by atoms with Crippen molar-refractivity contribution in [2.45, 2.75) is 53.0 Å². The summed E-state index contributed by atoms with van der Waals surface area (Å²) in [5.41, 5.74) is 1.33. The number of benzene rings is 1. The molecule has 0 aromatic heterocycles.